The van der Waals surface area contributed by atoms with Gasteiger partial charge in [0, 0.05) is 10.6 Å². The van der Waals surface area contributed by atoms with Gasteiger partial charge in [0.25, 0.3) is 0 Å². The zero-order valence-corrected chi connectivity index (χ0v) is 10.6. The van der Waals surface area contributed by atoms with Gasteiger partial charge >= 0.3 is 0 Å². The number of hydrogen-bond donors (Lipinski definition) is 0. The molecule has 2 nitrogen and oxygen atoms in total. The van der Waals surface area contributed by atoms with Crippen LogP contribution in [0.3, 0.4) is 0 Å². The second-order valence-corrected chi connectivity index (χ2v) is 4.36. The third kappa shape index (κ3) is 2.81. The molecule has 2 aromatic rings. The molecular formula is C15H9ClFNO. The van der Waals surface area contributed by atoms with Gasteiger partial charge in [-0.1, -0.05) is 29.8 Å². The number of rotatable bonds is 3. The maximum Gasteiger partial charge on any atom is 0.184 e. The van der Waals surface area contributed by atoms with Gasteiger partial charge in [0.15, 0.2) is 5.78 Å². The number of nitriles is 1. The molecule has 0 radical (unpaired) electrons. The highest BCUT2D eigenvalue weighted by Gasteiger charge is 2.23. The molecule has 1 atom stereocenters. The Kier molecular flexibility index (Phi) is 3.94. The quantitative estimate of drug-likeness (QED) is 0.794. The third-order valence-corrected chi connectivity index (χ3v) is 3.08. The second-order valence-electron chi connectivity index (χ2n) is 3.95. The summed E-state index contributed by atoms with van der Waals surface area (Å²) in [5.41, 5.74) is 0.744. The van der Waals surface area contributed by atoms with Crippen LogP contribution in [0.2, 0.25) is 5.02 Å². The summed E-state index contributed by atoms with van der Waals surface area (Å²) in [7, 11) is 0. The van der Waals surface area contributed by atoms with E-state index in [-0.39, 0.29) is 5.56 Å². The number of hydrogen-bond acceptors (Lipinski definition) is 2. The van der Waals surface area contributed by atoms with E-state index < -0.39 is 17.5 Å². The van der Waals surface area contributed by atoms with Crippen LogP contribution in [0.4, 0.5) is 4.39 Å². The molecule has 0 saturated heterocycles. The first-order valence-electron chi connectivity index (χ1n) is 5.57. The van der Waals surface area contributed by atoms with Crippen molar-refractivity contribution in [1.29, 1.82) is 5.26 Å². The Balaban J connectivity index is 2.38. The zero-order chi connectivity index (χ0) is 13.8. The molecule has 0 amide bonds. The lowest BCUT2D eigenvalue weighted by Crippen LogP contribution is -2.11. The molecule has 19 heavy (non-hydrogen) atoms. The highest BCUT2D eigenvalue weighted by molar-refractivity contribution is 6.31. The lowest BCUT2D eigenvalue weighted by Gasteiger charge is -2.10. The van der Waals surface area contributed by atoms with Gasteiger partial charge in [-0.3, -0.25) is 4.79 Å². The summed E-state index contributed by atoms with van der Waals surface area (Å²) in [5, 5.41) is 9.55. The normalized spacial score (nSPS) is 11.6. The van der Waals surface area contributed by atoms with Gasteiger partial charge in [-0.15, -0.1) is 0 Å². The Morgan fingerprint density at radius 3 is 2.37 bits per heavy atom. The van der Waals surface area contributed by atoms with E-state index in [1.165, 1.54) is 24.3 Å². The van der Waals surface area contributed by atoms with Crippen LogP contribution in [0.5, 0.6) is 0 Å². The first kappa shape index (κ1) is 13.3. The topological polar surface area (TPSA) is 40.9 Å². The summed E-state index contributed by atoms with van der Waals surface area (Å²) in [6, 6.07) is 13.7. The number of carbonyl (C=O) groups is 1. The molecule has 94 valence electrons. The van der Waals surface area contributed by atoms with E-state index in [1.54, 1.807) is 24.3 Å². The van der Waals surface area contributed by atoms with Crippen LogP contribution >= 0.6 is 11.6 Å². The van der Waals surface area contributed by atoms with E-state index in [1.807, 2.05) is 6.07 Å². The monoisotopic (exact) mass is 273 g/mol. The number of nitrogens with zero attached hydrogens (tertiary/aromatic N) is 1. The van der Waals surface area contributed by atoms with Crippen molar-refractivity contribution < 1.29 is 9.18 Å². The van der Waals surface area contributed by atoms with Crippen LogP contribution in [-0.2, 0) is 0 Å². The van der Waals surface area contributed by atoms with Crippen molar-refractivity contribution in [2.24, 2.45) is 0 Å². The van der Waals surface area contributed by atoms with Crippen LogP contribution < -0.4 is 0 Å². The van der Waals surface area contributed by atoms with Crippen LogP contribution in [0.15, 0.2) is 48.5 Å². The lowest BCUT2D eigenvalue weighted by atomic mass is 9.92. The molecular weight excluding hydrogens is 265 g/mol. The Morgan fingerprint density at radius 1 is 1.16 bits per heavy atom. The number of Topliss-reactive ketones (excluding diaryl/α,β-unsaturated/α-hetero) is 1. The fourth-order valence-corrected chi connectivity index (χ4v) is 2.00. The third-order valence-electron chi connectivity index (χ3n) is 2.74. The summed E-state index contributed by atoms with van der Waals surface area (Å²) >= 11 is 5.99. The average Bonchev–Trinajstić information content (AvgIpc) is 2.42. The van der Waals surface area contributed by atoms with Gasteiger partial charge in [0.05, 0.1) is 6.07 Å². The maximum absolute atomic E-state index is 12.8. The molecule has 0 heterocycles. The van der Waals surface area contributed by atoms with Gasteiger partial charge in [-0.05, 0) is 35.9 Å². The smallest absolute Gasteiger partial charge is 0.184 e. The molecule has 2 rings (SSSR count). The number of ketones is 1. The van der Waals surface area contributed by atoms with E-state index in [9.17, 15) is 14.4 Å². The van der Waals surface area contributed by atoms with Gasteiger partial charge in [-0.25, -0.2) is 4.39 Å². The van der Waals surface area contributed by atoms with Crippen molar-refractivity contribution in [2.45, 2.75) is 5.92 Å². The molecule has 4 heteroatoms. The lowest BCUT2D eigenvalue weighted by molar-refractivity contribution is 0.0979. The van der Waals surface area contributed by atoms with E-state index >= 15 is 0 Å². The SMILES string of the molecule is N#CC(C(=O)c1ccc(F)cc1)c1ccccc1Cl. The van der Waals surface area contributed by atoms with Crippen LogP contribution in [0.25, 0.3) is 0 Å². The van der Waals surface area contributed by atoms with Crippen molar-refractivity contribution in [3.63, 3.8) is 0 Å². The molecule has 0 aliphatic rings. The second kappa shape index (κ2) is 5.64. The number of halogens is 2. The van der Waals surface area contributed by atoms with E-state index in [2.05, 4.69) is 0 Å². The molecule has 2 aromatic carbocycles. The number of benzene rings is 2. The fraction of sp³-hybridized carbons (Fsp3) is 0.0667. The van der Waals surface area contributed by atoms with E-state index in [4.69, 9.17) is 11.6 Å². The van der Waals surface area contributed by atoms with Gasteiger partial charge in [0.2, 0.25) is 0 Å². The highest BCUT2D eigenvalue weighted by Crippen LogP contribution is 2.27. The predicted molar refractivity (Wildman–Crippen MR) is 70.5 cm³/mol. The molecule has 0 bridgehead atoms. The molecule has 0 aliphatic carbocycles. The van der Waals surface area contributed by atoms with Gasteiger partial charge in [0.1, 0.15) is 11.7 Å². The Labute approximate surface area is 115 Å². The van der Waals surface area contributed by atoms with Crippen molar-refractivity contribution in [3.05, 3.63) is 70.5 Å². The van der Waals surface area contributed by atoms with Crippen LogP contribution in [-0.4, -0.2) is 5.78 Å². The minimum atomic E-state index is -0.987. The highest BCUT2D eigenvalue weighted by atomic mass is 35.5. The largest absolute Gasteiger partial charge is 0.292 e. The first-order chi connectivity index (χ1) is 9.13. The zero-order valence-electron chi connectivity index (χ0n) is 9.81. The summed E-state index contributed by atoms with van der Waals surface area (Å²) < 4.78 is 12.8. The van der Waals surface area contributed by atoms with Crippen molar-refractivity contribution in [2.75, 3.05) is 0 Å². The van der Waals surface area contributed by atoms with Gasteiger partial charge in [-0.2, -0.15) is 5.26 Å². The van der Waals surface area contributed by atoms with Crippen LogP contribution in [0.1, 0.15) is 21.8 Å². The average molecular weight is 274 g/mol. The standard InChI is InChI=1S/C15H9ClFNO/c16-14-4-2-1-3-12(14)13(9-18)15(19)10-5-7-11(17)8-6-10/h1-8,13H. The molecule has 0 aliphatic heterocycles. The Hall–Kier alpha value is -2.18. The van der Waals surface area contributed by atoms with Crippen molar-refractivity contribution in [1.82, 2.24) is 0 Å². The predicted octanol–water partition coefficient (Wildman–Crippen LogP) is 3.97. The first-order valence-corrected chi connectivity index (χ1v) is 5.95. The molecule has 0 aromatic heterocycles. The minimum absolute atomic E-state index is 0.285. The Morgan fingerprint density at radius 2 is 1.79 bits per heavy atom. The maximum atomic E-state index is 12.8. The summed E-state index contributed by atoms with van der Waals surface area (Å²) in [6.07, 6.45) is 0. The molecule has 0 spiro atoms. The molecule has 0 fully saturated rings. The summed E-state index contributed by atoms with van der Waals surface area (Å²) in [4.78, 5) is 12.2. The molecule has 1 unspecified atom stereocenters. The van der Waals surface area contributed by atoms with E-state index in [0.29, 0.717) is 10.6 Å². The number of carbonyl (C=O) groups excluding carboxylic acids is 1. The summed E-state index contributed by atoms with van der Waals surface area (Å²) in [5.74, 6) is -1.81. The summed E-state index contributed by atoms with van der Waals surface area (Å²) in [6.45, 7) is 0. The van der Waals surface area contributed by atoms with Crippen molar-refractivity contribution >= 4 is 17.4 Å². The van der Waals surface area contributed by atoms with E-state index in [0.717, 1.165) is 0 Å². The fourth-order valence-electron chi connectivity index (χ4n) is 1.76. The van der Waals surface area contributed by atoms with Gasteiger partial charge < -0.3 is 0 Å². The molecule has 0 saturated carbocycles. The van der Waals surface area contributed by atoms with Crippen LogP contribution in [0, 0.1) is 17.1 Å². The Bertz CT molecular complexity index is 646. The van der Waals surface area contributed by atoms with Crippen molar-refractivity contribution in [3.8, 4) is 6.07 Å². The minimum Gasteiger partial charge on any atom is -0.292 e. The molecule has 0 N–H and O–H groups in total.